The molecule has 1 amide bonds. The first-order chi connectivity index (χ1) is 13.6. The summed E-state index contributed by atoms with van der Waals surface area (Å²) in [5.74, 6) is 0.729. The predicted molar refractivity (Wildman–Crippen MR) is 119 cm³/mol. The van der Waals surface area contributed by atoms with Crippen LogP contribution in [-0.4, -0.2) is 46.0 Å². The fourth-order valence-corrected chi connectivity index (χ4v) is 4.82. The largest absolute Gasteiger partial charge is 0.495 e. The standard InChI is InChI=1S/C21H28N2O4S2/c1-15-6-9-18(10-7-15)28-13-12-22-21(24)17(3)23(29(5,25)26)19-14-16(2)8-11-20(19)27-4/h6-11,14,17H,12-13H2,1-5H3,(H,22,24)/t17-/m0/s1. The van der Waals surface area contributed by atoms with Crippen molar-refractivity contribution in [3.8, 4) is 5.75 Å². The Morgan fingerprint density at radius 2 is 1.76 bits per heavy atom. The highest BCUT2D eigenvalue weighted by molar-refractivity contribution is 7.99. The Balaban J connectivity index is 2.07. The van der Waals surface area contributed by atoms with Crippen LogP contribution < -0.4 is 14.4 Å². The van der Waals surface area contributed by atoms with Crippen molar-refractivity contribution in [2.75, 3.05) is 30.0 Å². The van der Waals surface area contributed by atoms with Gasteiger partial charge in [0.15, 0.2) is 0 Å². The van der Waals surface area contributed by atoms with E-state index in [9.17, 15) is 13.2 Å². The monoisotopic (exact) mass is 436 g/mol. The number of sulfonamides is 1. The lowest BCUT2D eigenvalue weighted by molar-refractivity contribution is -0.121. The van der Waals surface area contributed by atoms with Gasteiger partial charge in [-0.1, -0.05) is 23.8 Å². The van der Waals surface area contributed by atoms with Crippen molar-refractivity contribution in [2.24, 2.45) is 0 Å². The number of carbonyl (C=O) groups is 1. The molecule has 0 saturated heterocycles. The molecule has 0 saturated carbocycles. The summed E-state index contributed by atoms with van der Waals surface area (Å²) in [6.45, 7) is 5.90. The molecular formula is C21H28N2O4S2. The van der Waals surface area contributed by atoms with Crippen LogP contribution in [0.15, 0.2) is 47.4 Å². The van der Waals surface area contributed by atoms with Gasteiger partial charge >= 0.3 is 0 Å². The second kappa shape index (κ2) is 10.0. The number of hydrogen-bond donors (Lipinski definition) is 1. The van der Waals surface area contributed by atoms with Crippen LogP contribution in [0.4, 0.5) is 5.69 Å². The molecule has 0 heterocycles. The molecule has 0 aromatic heterocycles. The van der Waals surface area contributed by atoms with Crippen molar-refractivity contribution in [3.63, 3.8) is 0 Å². The molecule has 0 unspecified atom stereocenters. The Hall–Kier alpha value is -2.19. The number of anilines is 1. The molecule has 6 nitrogen and oxygen atoms in total. The fourth-order valence-electron chi connectivity index (χ4n) is 2.88. The molecule has 158 valence electrons. The van der Waals surface area contributed by atoms with E-state index in [1.54, 1.807) is 30.8 Å². The first-order valence-corrected chi connectivity index (χ1v) is 12.1. The van der Waals surface area contributed by atoms with E-state index in [1.165, 1.54) is 12.7 Å². The Labute approximate surface area is 177 Å². The van der Waals surface area contributed by atoms with Crippen molar-refractivity contribution < 1.29 is 17.9 Å². The van der Waals surface area contributed by atoms with E-state index in [-0.39, 0.29) is 5.91 Å². The second-order valence-corrected chi connectivity index (χ2v) is 9.89. The molecule has 0 aliphatic heterocycles. The minimum Gasteiger partial charge on any atom is -0.495 e. The number of amides is 1. The van der Waals surface area contributed by atoms with Crippen LogP contribution >= 0.6 is 11.8 Å². The van der Waals surface area contributed by atoms with Crippen LogP contribution in [0.1, 0.15) is 18.1 Å². The average molecular weight is 437 g/mol. The molecule has 0 radical (unpaired) electrons. The second-order valence-electron chi connectivity index (χ2n) is 6.86. The van der Waals surface area contributed by atoms with Gasteiger partial charge in [-0.05, 0) is 50.6 Å². The number of nitrogens with one attached hydrogen (secondary N) is 1. The van der Waals surface area contributed by atoms with Crippen LogP contribution in [0.3, 0.4) is 0 Å². The molecule has 0 spiro atoms. The van der Waals surface area contributed by atoms with Gasteiger partial charge < -0.3 is 10.1 Å². The van der Waals surface area contributed by atoms with Gasteiger partial charge in [-0.25, -0.2) is 8.42 Å². The summed E-state index contributed by atoms with van der Waals surface area (Å²) in [6, 6.07) is 12.5. The van der Waals surface area contributed by atoms with E-state index >= 15 is 0 Å². The van der Waals surface area contributed by atoms with Gasteiger partial charge in [0.05, 0.1) is 19.1 Å². The van der Waals surface area contributed by atoms with E-state index in [2.05, 4.69) is 5.32 Å². The molecule has 8 heteroatoms. The molecule has 1 atom stereocenters. The van der Waals surface area contributed by atoms with Gasteiger partial charge in [0.25, 0.3) is 0 Å². The molecule has 29 heavy (non-hydrogen) atoms. The highest BCUT2D eigenvalue weighted by atomic mass is 32.2. The number of aryl methyl sites for hydroxylation is 2. The minimum atomic E-state index is -3.70. The number of hydrogen-bond acceptors (Lipinski definition) is 5. The summed E-state index contributed by atoms with van der Waals surface area (Å²) < 4.78 is 31.4. The third kappa shape index (κ3) is 6.40. The summed E-state index contributed by atoms with van der Waals surface area (Å²) in [7, 11) is -2.23. The molecule has 2 aromatic carbocycles. The summed E-state index contributed by atoms with van der Waals surface area (Å²) in [5, 5.41) is 2.83. The maximum absolute atomic E-state index is 12.7. The van der Waals surface area contributed by atoms with Gasteiger partial charge in [-0.3, -0.25) is 9.10 Å². The number of rotatable bonds is 9. The van der Waals surface area contributed by atoms with Crippen molar-refractivity contribution in [1.29, 1.82) is 0 Å². The topological polar surface area (TPSA) is 75.7 Å². The van der Waals surface area contributed by atoms with Crippen molar-refractivity contribution in [1.82, 2.24) is 5.32 Å². The van der Waals surface area contributed by atoms with E-state index in [4.69, 9.17) is 4.74 Å². The smallest absolute Gasteiger partial charge is 0.243 e. The lowest BCUT2D eigenvalue weighted by atomic mass is 10.2. The van der Waals surface area contributed by atoms with E-state index in [0.717, 1.165) is 21.0 Å². The number of ether oxygens (including phenoxy) is 1. The highest BCUT2D eigenvalue weighted by Crippen LogP contribution is 2.32. The fraction of sp³-hybridized carbons (Fsp3) is 0.381. The number of benzene rings is 2. The van der Waals surface area contributed by atoms with Gasteiger partial charge in [0.1, 0.15) is 11.8 Å². The first kappa shape index (κ1) is 23.1. The van der Waals surface area contributed by atoms with Gasteiger partial charge in [-0.2, -0.15) is 0 Å². The van der Waals surface area contributed by atoms with Crippen molar-refractivity contribution >= 4 is 33.4 Å². The molecule has 0 bridgehead atoms. The van der Waals surface area contributed by atoms with Crippen LogP contribution in [-0.2, 0) is 14.8 Å². The Morgan fingerprint density at radius 3 is 2.34 bits per heavy atom. The lowest BCUT2D eigenvalue weighted by Crippen LogP contribution is -2.48. The summed E-state index contributed by atoms with van der Waals surface area (Å²) in [5.41, 5.74) is 2.42. The summed E-state index contributed by atoms with van der Waals surface area (Å²) in [6.07, 6.45) is 1.09. The van der Waals surface area contributed by atoms with Crippen molar-refractivity contribution in [2.45, 2.75) is 31.7 Å². The number of nitrogens with zero attached hydrogens (tertiary/aromatic N) is 1. The molecule has 1 N–H and O–H groups in total. The maximum atomic E-state index is 12.7. The maximum Gasteiger partial charge on any atom is 0.243 e. The van der Waals surface area contributed by atoms with Gasteiger partial charge in [0, 0.05) is 17.2 Å². The Bertz CT molecular complexity index is 944. The lowest BCUT2D eigenvalue weighted by Gasteiger charge is -2.29. The zero-order valence-corrected chi connectivity index (χ0v) is 19.1. The van der Waals surface area contributed by atoms with Crippen molar-refractivity contribution in [3.05, 3.63) is 53.6 Å². The third-order valence-corrected chi connectivity index (χ3v) is 6.59. The highest BCUT2D eigenvalue weighted by Gasteiger charge is 2.31. The molecular weight excluding hydrogens is 408 g/mol. The zero-order chi connectivity index (χ0) is 21.6. The minimum absolute atomic E-state index is 0.353. The number of methoxy groups -OCH3 is 1. The van der Waals surface area contributed by atoms with E-state index in [0.29, 0.717) is 23.7 Å². The molecule has 2 aromatic rings. The predicted octanol–water partition coefficient (Wildman–Crippen LogP) is 3.38. The van der Waals surface area contributed by atoms with Gasteiger partial charge in [0.2, 0.25) is 15.9 Å². The Kier molecular flexibility index (Phi) is 7.98. The normalized spacial score (nSPS) is 12.3. The number of carbonyl (C=O) groups excluding carboxylic acids is 1. The third-order valence-electron chi connectivity index (χ3n) is 4.35. The quantitative estimate of drug-likeness (QED) is 0.482. The van der Waals surface area contributed by atoms with E-state index < -0.39 is 16.1 Å². The Morgan fingerprint density at radius 1 is 1.14 bits per heavy atom. The first-order valence-electron chi connectivity index (χ1n) is 9.24. The SMILES string of the molecule is COc1ccc(C)cc1N([C@@H](C)C(=O)NCCSc1ccc(C)cc1)S(C)(=O)=O. The summed E-state index contributed by atoms with van der Waals surface area (Å²) in [4.78, 5) is 13.8. The summed E-state index contributed by atoms with van der Waals surface area (Å²) >= 11 is 1.63. The van der Waals surface area contributed by atoms with Crippen LogP contribution in [0.2, 0.25) is 0 Å². The van der Waals surface area contributed by atoms with E-state index in [1.807, 2.05) is 44.2 Å². The molecule has 0 fully saturated rings. The average Bonchev–Trinajstić information content (AvgIpc) is 2.65. The number of thioether (sulfide) groups is 1. The van der Waals surface area contributed by atoms with Crippen LogP contribution in [0, 0.1) is 13.8 Å². The zero-order valence-electron chi connectivity index (χ0n) is 17.4. The van der Waals surface area contributed by atoms with Gasteiger partial charge in [-0.15, -0.1) is 11.8 Å². The molecule has 2 rings (SSSR count). The van der Waals surface area contributed by atoms with Crippen LogP contribution in [0.25, 0.3) is 0 Å². The molecule has 0 aliphatic rings. The van der Waals surface area contributed by atoms with Crippen LogP contribution in [0.5, 0.6) is 5.75 Å². The molecule has 0 aliphatic carbocycles.